The molecule has 1 aromatic rings. The largest absolute Gasteiger partial charge is 0.368 e. The number of primary amides is 1. The number of nitrogens with two attached hydrogens (primary N) is 2. The fourth-order valence-electron chi connectivity index (χ4n) is 2.83. The minimum absolute atomic E-state index is 0.0948. The Hall–Kier alpha value is -1.73. The summed E-state index contributed by atoms with van der Waals surface area (Å²) in [6.45, 7) is 5.46. The van der Waals surface area contributed by atoms with Gasteiger partial charge in [0.1, 0.15) is 0 Å². The molecule has 1 aromatic carbocycles. The summed E-state index contributed by atoms with van der Waals surface area (Å²) in [5.74, 6) is -3.04. The quantitative estimate of drug-likeness (QED) is 0.447. The second-order valence-corrected chi connectivity index (χ2v) is 8.61. The third kappa shape index (κ3) is 5.14. The molecular weight excluding hydrogens is 352 g/mol. The predicted molar refractivity (Wildman–Crippen MR) is 104 cm³/mol. The number of ketones is 1. The second kappa shape index (κ2) is 9.28. The van der Waals surface area contributed by atoms with E-state index in [2.05, 4.69) is 0 Å². The van der Waals surface area contributed by atoms with Gasteiger partial charge in [0.2, 0.25) is 5.91 Å². The lowest BCUT2D eigenvalue weighted by atomic mass is 9.90. The van der Waals surface area contributed by atoms with Gasteiger partial charge in [-0.2, -0.15) is 0 Å². The van der Waals surface area contributed by atoms with Crippen molar-refractivity contribution in [1.82, 2.24) is 0 Å². The van der Waals surface area contributed by atoms with Gasteiger partial charge in [-0.25, -0.2) is 8.42 Å². The normalized spacial score (nSPS) is 15.2. The van der Waals surface area contributed by atoms with Crippen molar-refractivity contribution in [2.75, 3.05) is 5.75 Å². The molecule has 0 aromatic heterocycles. The van der Waals surface area contributed by atoms with Crippen LogP contribution in [0, 0.1) is 0 Å². The maximum atomic E-state index is 13.0. The Kier molecular flexibility index (Phi) is 7.34. The van der Waals surface area contributed by atoms with Gasteiger partial charge in [0.25, 0.3) is 0 Å². The van der Waals surface area contributed by atoms with Gasteiger partial charge in [-0.3, -0.25) is 9.59 Å². The van der Waals surface area contributed by atoms with Crippen LogP contribution in [0.4, 0.5) is 0 Å². The van der Waals surface area contributed by atoms with Crippen LogP contribution in [0.25, 0.3) is 0 Å². The average Bonchev–Trinajstić information content (AvgIpc) is 2.60. The van der Waals surface area contributed by atoms with Crippen molar-refractivity contribution in [3.05, 3.63) is 35.4 Å². The lowest BCUT2D eigenvalue weighted by Crippen LogP contribution is -2.63. The van der Waals surface area contributed by atoms with Crippen molar-refractivity contribution in [2.24, 2.45) is 11.5 Å². The number of aryl methyl sites for hydroxylation is 1. The lowest BCUT2D eigenvalue weighted by molar-refractivity contribution is -0.120. The van der Waals surface area contributed by atoms with E-state index >= 15 is 0 Å². The van der Waals surface area contributed by atoms with Gasteiger partial charge in [0, 0.05) is 6.93 Å². The number of Topliss-reactive ketones (excluding diaryl/α,β-unsaturated/α-hetero) is 1. The van der Waals surface area contributed by atoms with E-state index in [0.29, 0.717) is 19.3 Å². The third-order valence-corrected chi connectivity index (χ3v) is 6.48. The smallest absolute Gasteiger partial charge is 0.246 e. The molecule has 7 heteroatoms. The molecule has 0 radical (unpaired) electrons. The zero-order valence-corrected chi connectivity index (χ0v) is 16.6. The van der Waals surface area contributed by atoms with Crippen molar-refractivity contribution in [3.63, 3.8) is 0 Å². The van der Waals surface area contributed by atoms with Gasteiger partial charge in [0.15, 0.2) is 21.2 Å². The van der Waals surface area contributed by atoms with Gasteiger partial charge in [0.05, 0.1) is 11.0 Å². The third-order valence-electron chi connectivity index (χ3n) is 4.36. The highest BCUT2D eigenvalue weighted by atomic mass is 32.2. The van der Waals surface area contributed by atoms with Crippen LogP contribution in [0.15, 0.2) is 24.3 Å². The highest BCUT2D eigenvalue weighted by molar-refractivity contribution is 7.92. The minimum atomic E-state index is -4.20. The van der Waals surface area contributed by atoms with E-state index < -0.39 is 38.0 Å². The van der Waals surface area contributed by atoms with Crippen LogP contribution in [0.1, 0.15) is 63.7 Å². The Morgan fingerprint density at radius 3 is 2.23 bits per heavy atom. The molecule has 4 N–H and O–H groups in total. The molecular formula is C19H30N2O4S. The first-order valence-electron chi connectivity index (χ1n) is 9.42. The van der Waals surface area contributed by atoms with Crippen LogP contribution in [0.3, 0.4) is 0 Å². The zero-order chi connectivity index (χ0) is 20.9. The highest BCUT2D eigenvalue weighted by Gasteiger charge is 2.46. The van der Waals surface area contributed by atoms with E-state index in [-0.39, 0.29) is 18.4 Å². The number of sulfone groups is 1. The molecule has 1 rings (SSSR count). The number of rotatable bonds is 11. The molecule has 0 aliphatic heterocycles. The molecule has 0 unspecified atom stereocenters. The fourth-order valence-corrected chi connectivity index (χ4v) is 4.94. The average molecular weight is 384 g/mol. The zero-order valence-electron chi connectivity index (χ0n) is 16.7. The molecule has 6 nitrogen and oxygen atoms in total. The molecule has 26 heavy (non-hydrogen) atoms. The standard InChI is InChI=1S/C19H30N2O4S/c1-4-8-16(9-5-2)26(24,25)13-19(21,18(20)23)17(22)15-11-7-10-14(6-3)12-15/h7,10-12,16H,4-6,8-9,13,21H2,1-3H3,(H2,20,23)/t19-/m1/s1/i16D. The fraction of sp³-hybridized carbons (Fsp3) is 0.579. The SMILES string of the molecule is [2H]C(CCC)(CCC)S(=O)(=O)C[C@](N)(C(N)=O)C(=O)c1cccc(CC)c1. The molecule has 0 aliphatic carbocycles. The lowest BCUT2D eigenvalue weighted by Gasteiger charge is -2.27. The van der Waals surface area contributed by atoms with Gasteiger partial charge < -0.3 is 11.5 Å². The topological polar surface area (TPSA) is 120 Å². The maximum absolute atomic E-state index is 13.0. The summed E-state index contributed by atoms with van der Waals surface area (Å²) in [7, 11) is -4.20. The number of benzene rings is 1. The summed E-state index contributed by atoms with van der Waals surface area (Å²) in [5.41, 5.74) is 9.93. The summed E-state index contributed by atoms with van der Waals surface area (Å²) < 4.78 is 34.4. The van der Waals surface area contributed by atoms with E-state index in [1.54, 1.807) is 26.0 Å². The van der Waals surface area contributed by atoms with Crippen molar-refractivity contribution in [2.45, 2.75) is 63.6 Å². The van der Waals surface area contributed by atoms with Crippen LogP contribution in [-0.4, -0.2) is 36.6 Å². The second-order valence-electron chi connectivity index (χ2n) is 6.52. The number of hydrogen-bond donors (Lipinski definition) is 2. The van der Waals surface area contributed by atoms with Crippen LogP contribution < -0.4 is 11.5 Å². The molecule has 1 amide bonds. The molecule has 0 fully saturated rings. The molecule has 146 valence electrons. The highest BCUT2D eigenvalue weighted by Crippen LogP contribution is 2.22. The Morgan fingerprint density at radius 2 is 1.77 bits per heavy atom. The van der Waals surface area contributed by atoms with Gasteiger partial charge in [-0.05, 0) is 30.9 Å². The van der Waals surface area contributed by atoms with Crippen LogP contribution in [0.5, 0.6) is 0 Å². The van der Waals surface area contributed by atoms with Crippen LogP contribution >= 0.6 is 0 Å². The van der Waals surface area contributed by atoms with E-state index in [4.69, 9.17) is 12.8 Å². The van der Waals surface area contributed by atoms with E-state index in [0.717, 1.165) is 5.56 Å². The number of amides is 1. The molecule has 0 bridgehead atoms. The van der Waals surface area contributed by atoms with Crippen molar-refractivity contribution in [1.29, 1.82) is 0 Å². The van der Waals surface area contributed by atoms with E-state index in [1.165, 1.54) is 6.07 Å². The molecule has 0 saturated carbocycles. The molecule has 1 atom stereocenters. The monoisotopic (exact) mass is 383 g/mol. The minimum Gasteiger partial charge on any atom is -0.368 e. The van der Waals surface area contributed by atoms with Gasteiger partial charge in [-0.15, -0.1) is 0 Å². The first-order chi connectivity index (χ1) is 12.5. The van der Waals surface area contributed by atoms with Crippen molar-refractivity contribution >= 4 is 21.5 Å². The number of hydrogen-bond acceptors (Lipinski definition) is 5. The first kappa shape index (κ1) is 20.6. The first-order valence-corrected chi connectivity index (χ1v) is 10.6. The summed E-state index contributed by atoms with van der Waals surface area (Å²) in [6.07, 6.45) is 1.80. The molecule has 0 aliphatic rings. The van der Waals surface area contributed by atoms with Crippen LogP contribution in [0.2, 0.25) is 0 Å². The molecule has 0 saturated heterocycles. The van der Waals surface area contributed by atoms with E-state index in [1.807, 2.05) is 13.0 Å². The van der Waals surface area contributed by atoms with E-state index in [9.17, 15) is 18.0 Å². The summed E-state index contributed by atoms with van der Waals surface area (Å²) in [4.78, 5) is 25.0. The summed E-state index contributed by atoms with van der Waals surface area (Å²) in [6, 6.07) is 6.51. The summed E-state index contributed by atoms with van der Waals surface area (Å²) >= 11 is 0. The maximum Gasteiger partial charge on any atom is 0.246 e. The summed E-state index contributed by atoms with van der Waals surface area (Å²) in [5, 5.41) is -1.80. The Bertz CT molecular complexity index is 789. The van der Waals surface area contributed by atoms with Gasteiger partial charge >= 0.3 is 0 Å². The van der Waals surface area contributed by atoms with Crippen molar-refractivity contribution < 1.29 is 19.4 Å². The van der Waals surface area contributed by atoms with Crippen LogP contribution in [-0.2, 0) is 21.1 Å². The number of carbonyl (C=O) groups is 2. The Morgan fingerprint density at radius 1 is 1.19 bits per heavy atom. The Balaban J connectivity index is 3.37. The Labute approximate surface area is 157 Å². The molecule has 0 spiro atoms. The predicted octanol–water partition coefficient (Wildman–Crippen LogP) is 2.00. The van der Waals surface area contributed by atoms with Crippen molar-refractivity contribution in [3.8, 4) is 0 Å². The van der Waals surface area contributed by atoms with Gasteiger partial charge in [-0.1, -0.05) is 51.8 Å². The molecule has 0 heterocycles. The number of carbonyl (C=O) groups excluding carboxylic acids is 2.